The summed E-state index contributed by atoms with van der Waals surface area (Å²) in [6.45, 7) is 0. The Kier molecular flexibility index (Phi) is 5.81. The largest absolute Gasteiger partial charge is 0.296 e. The smallest absolute Gasteiger partial charge is 0.0864 e. The van der Waals surface area contributed by atoms with Gasteiger partial charge in [-0.05, 0) is 28.2 Å². The first kappa shape index (κ1) is 11.4. The van der Waals surface area contributed by atoms with Crippen molar-refractivity contribution in [3.8, 4) is 0 Å². The average molecular weight is 368 g/mol. The normalized spacial score (nSPS) is 18.0. The lowest BCUT2D eigenvalue weighted by atomic mass is 10.5. The number of nitrogens with zero attached hydrogens (tertiary/aromatic N) is 2. The summed E-state index contributed by atoms with van der Waals surface area (Å²) in [5, 5.41) is 0. The Bertz CT molecular complexity index is 83.7. The highest BCUT2D eigenvalue weighted by Gasteiger charge is 2.18. The molecule has 0 radical (unpaired) electrons. The number of hydrogen-bond acceptors (Lipinski definition) is 2. The number of hydrogen-bond donors (Lipinski definition) is 0. The van der Waals surface area contributed by atoms with E-state index in [1.54, 1.807) is 0 Å². The molecule has 0 saturated heterocycles. The van der Waals surface area contributed by atoms with Crippen LogP contribution in [0.4, 0.5) is 0 Å². The predicted molar refractivity (Wildman–Crippen MR) is 63.0 cm³/mol. The summed E-state index contributed by atoms with van der Waals surface area (Å²) in [5.41, 5.74) is 0. The third kappa shape index (κ3) is 3.68. The monoisotopic (exact) mass is 368 g/mol. The molecule has 2 unspecified atom stereocenters. The topological polar surface area (TPSA) is 6.48 Å². The Morgan fingerprint density at radius 1 is 0.800 bits per heavy atom. The fourth-order valence-electron chi connectivity index (χ4n) is 0.492. The van der Waals surface area contributed by atoms with Gasteiger partial charge in [0.15, 0.2) is 0 Å². The van der Waals surface area contributed by atoms with Crippen LogP contribution in [0.5, 0.6) is 0 Å². The SMILES string of the molecule is CN(C)C(I)C(I)N(C)C. The minimum absolute atomic E-state index is 0.577. The van der Waals surface area contributed by atoms with Crippen molar-refractivity contribution in [1.29, 1.82) is 0 Å². The van der Waals surface area contributed by atoms with E-state index in [4.69, 9.17) is 0 Å². The first-order valence-electron chi connectivity index (χ1n) is 3.08. The van der Waals surface area contributed by atoms with Crippen LogP contribution >= 0.6 is 45.2 Å². The van der Waals surface area contributed by atoms with Crippen LogP contribution in [-0.4, -0.2) is 46.1 Å². The highest BCUT2D eigenvalue weighted by atomic mass is 127. The lowest BCUT2D eigenvalue weighted by molar-refractivity contribution is 0.294. The Morgan fingerprint density at radius 3 is 1.10 bits per heavy atom. The molecule has 0 aromatic rings. The summed E-state index contributed by atoms with van der Waals surface area (Å²) >= 11 is 4.90. The second-order valence-corrected chi connectivity index (χ2v) is 5.22. The first-order chi connectivity index (χ1) is 4.46. The highest BCUT2D eigenvalue weighted by molar-refractivity contribution is 14.1. The first-order valence-corrected chi connectivity index (χ1v) is 5.57. The van der Waals surface area contributed by atoms with Gasteiger partial charge in [0.25, 0.3) is 0 Å². The molecule has 0 bridgehead atoms. The van der Waals surface area contributed by atoms with Gasteiger partial charge in [-0.1, -0.05) is 45.2 Å². The average Bonchev–Trinajstić information content (AvgIpc) is 1.84. The molecule has 0 heterocycles. The van der Waals surface area contributed by atoms with Crippen molar-refractivity contribution >= 4 is 45.2 Å². The molecule has 2 atom stereocenters. The van der Waals surface area contributed by atoms with Crippen molar-refractivity contribution in [2.45, 2.75) is 8.10 Å². The molecule has 0 saturated carbocycles. The molecule has 0 rings (SSSR count). The molecule has 0 fully saturated rings. The van der Waals surface area contributed by atoms with Gasteiger partial charge in [-0.25, -0.2) is 0 Å². The van der Waals surface area contributed by atoms with Gasteiger partial charge >= 0.3 is 0 Å². The summed E-state index contributed by atoms with van der Waals surface area (Å²) in [7, 11) is 8.41. The third-order valence-corrected chi connectivity index (χ3v) is 6.18. The molecule has 62 valence electrons. The van der Waals surface area contributed by atoms with Crippen LogP contribution in [-0.2, 0) is 0 Å². The van der Waals surface area contributed by atoms with Crippen molar-refractivity contribution in [3.63, 3.8) is 0 Å². The van der Waals surface area contributed by atoms with Gasteiger partial charge in [-0.2, -0.15) is 0 Å². The maximum Gasteiger partial charge on any atom is 0.0864 e. The highest BCUT2D eigenvalue weighted by Crippen LogP contribution is 2.18. The quantitative estimate of drug-likeness (QED) is 0.425. The fraction of sp³-hybridized carbons (Fsp3) is 1.00. The number of rotatable bonds is 3. The van der Waals surface area contributed by atoms with E-state index in [0.29, 0.717) is 8.10 Å². The number of likely N-dealkylation sites (N-methyl/N-ethyl adjacent to an activating group) is 2. The Balaban J connectivity index is 3.81. The van der Waals surface area contributed by atoms with Gasteiger partial charge in [-0.15, -0.1) is 0 Å². The van der Waals surface area contributed by atoms with Crippen molar-refractivity contribution in [3.05, 3.63) is 0 Å². The molecule has 4 heteroatoms. The number of halogens is 2. The van der Waals surface area contributed by atoms with Crippen LogP contribution in [0.3, 0.4) is 0 Å². The predicted octanol–water partition coefficient (Wildman–Crippen LogP) is 1.63. The molecule has 0 aliphatic heterocycles. The van der Waals surface area contributed by atoms with Crippen molar-refractivity contribution in [1.82, 2.24) is 9.80 Å². The Labute approximate surface area is 90.6 Å². The van der Waals surface area contributed by atoms with E-state index in [1.165, 1.54) is 0 Å². The molecule has 0 spiro atoms. The zero-order valence-corrected chi connectivity index (χ0v) is 11.1. The Morgan fingerprint density at radius 2 is 1.00 bits per heavy atom. The Hall–Kier alpha value is 1.38. The molecule has 10 heavy (non-hydrogen) atoms. The van der Waals surface area contributed by atoms with Crippen LogP contribution in [0.1, 0.15) is 0 Å². The lowest BCUT2D eigenvalue weighted by Gasteiger charge is -2.28. The summed E-state index contributed by atoms with van der Waals surface area (Å²) in [6, 6.07) is 0. The summed E-state index contributed by atoms with van der Waals surface area (Å²) in [5.74, 6) is 0. The third-order valence-electron chi connectivity index (χ3n) is 1.21. The van der Waals surface area contributed by atoms with E-state index in [0.717, 1.165) is 0 Å². The van der Waals surface area contributed by atoms with Crippen LogP contribution in [0.25, 0.3) is 0 Å². The van der Waals surface area contributed by atoms with E-state index >= 15 is 0 Å². The minimum atomic E-state index is 0.577. The lowest BCUT2D eigenvalue weighted by Crippen LogP contribution is -2.38. The van der Waals surface area contributed by atoms with Gasteiger partial charge in [0.05, 0.1) is 8.10 Å². The second kappa shape index (κ2) is 5.10. The molecule has 0 amide bonds. The standard InChI is InChI=1S/C6H14I2N2/c1-9(2)5(7)6(8)10(3)4/h5-6H,1-4H3. The molecule has 0 aliphatic rings. The molecule has 0 aromatic carbocycles. The molecular weight excluding hydrogens is 354 g/mol. The van der Waals surface area contributed by atoms with Gasteiger partial charge in [0, 0.05) is 0 Å². The van der Waals surface area contributed by atoms with Crippen LogP contribution in [0, 0.1) is 0 Å². The van der Waals surface area contributed by atoms with Crippen molar-refractivity contribution < 1.29 is 0 Å². The zero-order chi connectivity index (χ0) is 8.31. The summed E-state index contributed by atoms with van der Waals surface area (Å²) in [4.78, 5) is 4.44. The maximum absolute atomic E-state index is 2.45. The maximum atomic E-state index is 2.45. The van der Waals surface area contributed by atoms with Crippen LogP contribution in [0.15, 0.2) is 0 Å². The fourth-order valence-corrected chi connectivity index (χ4v) is 1.78. The van der Waals surface area contributed by atoms with E-state index in [-0.39, 0.29) is 0 Å². The molecule has 0 N–H and O–H groups in total. The van der Waals surface area contributed by atoms with Gasteiger partial charge in [0.2, 0.25) is 0 Å². The van der Waals surface area contributed by atoms with Crippen LogP contribution < -0.4 is 0 Å². The van der Waals surface area contributed by atoms with Crippen LogP contribution in [0.2, 0.25) is 0 Å². The minimum Gasteiger partial charge on any atom is -0.296 e. The van der Waals surface area contributed by atoms with Gasteiger partial charge < -0.3 is 0 Å². The van der Waals surface area contributed by atoms with E-state index in [1.807, 2.05) is 0 Å². The molecule has 0 aromatic heterocycles. The van der Waals surface area contributed by atoms with Crippen molar-refractivity contribution in [2.24, 2.45) is 0 Å². The zero-order valence-electron chi connectivity index (χ0n) is 6.81. The molecular formula is C6H14I2N2. The van der Waals surface area contributed by atoms with Gasteiger partial charge in [0.1, 0.15) is 0 Å². The summed E-state index contributed by atoms with van der Waals surface area (Å²) < 4.78 is 1.15. The van der Waals surface area contributed by atoms with E-state index in [2.05, 4.69) is 83.2 Å². The molecule has 0 aliphatic carbocycles. The van der Waals surface area contributed by atoms with E-state index in [9.17, 15) is 0 Å². The molecule has 2 nitrogen and oxygen atoms in total. The number of alkyl halides is 2. The second-order valence-electron chi connectivity index (χ2n) is 2.67. The van der Waals surface area contributed by atoms with E-state index < -0.39 is 0 Å². The van der Waals surface area contributed by atoms with Gasteiger partial charge in [-0.3, -0.25) is 9.80 Å². The van der Waals surface area contributed by atoms with Crippen molar-refractivity contribution in [2.75, 3.05) is 28.2 Å². The summed E-state index contributed by atoms with van der Waals surface area (Å²) in [6.07, 6.45) is 0.